The number of tetrazole rings is 1. The van der Waals surface area contributed by atoms with E-state index in [1.807, 2.05) is 0 Å². The molecule has 1 aromatic heterocycles. The Balaban J connectivity index is 2.20. The molecule has 0 spiro atoms. The fourth-order valence-electron chi connectivity index (χ4n) is 2.20. The summed E-state index contributed by atoms with van der Waals surface area (Å²) in [5.74, 6) is -1.42. The topological polar surface area (TPSA) is 143 Å². The number of hydrogen-bond donors (Lipinski definition) is 1. The predicted molar refractivity (Wildman–Crippen MR) is 73.8 cm³/mol. The molecule has 0 bridgehead atoms. The molecule has 1 fully saturated rings. The van der Waals surface area contributed by atoms with Crippen LogP contribution >= 0.6 is 0 Å². The monoisotopic (exact) mass is 341 g/mol. The second-order valence-corrected chi connectivity index (χ2v) is 5.02. The molecule has 2 heterocycles. The molecule has 0 amide bonds. The van der Waals surface area contributed by atoms with Crippen molar-refractivity contribution in [3.63, 3.8) is 0 Å². The highest BCUT2D eigenvalue weighted by molar-refractivity contribution is 5.67. The van der Waals surface area contributed by atoms with Crippen molar-refractivity contribution in [1.82, 2.24) is 20.6 Å². The van der Waals surface area contributed by atoms with Gasteiger partial charge in [0.1, 0.15) is 24.9 Å². The second-order valence-electron chi connectivity index (χ2n) is 5.02. The van der Waals surface area contributed by atoms with Gasteiger partial charge in [0.05, 0.1) is 0 Å². The molecule has 1 saturated heterocycles. The molecule has 0 aliphatic carbocycles. The van der Waals surface area contributed by atoms with Gasteiger partial charge in [0.2, 0.25) is 0 Å². The van der Waals surface area contributed by atoms with Gasteiger partial charge in [-0.05, 0) is 10.4 Å². The largest absolute Gasteiger partial charge is 0.463 e. The van der Waals surface area contributed by atoms with E-state index in [1.54, 1.807) is 0 Å². The number of nitrogens with one attached hydrogen (secondary N) is 1. The molecule has 11 heteroatoms. The first kappa shape index (κ1) is 17.8. The van der Waals surface area contributed by atoms with Crippen LogP contribution in [0.4, 0.5) is 0 Å². The number of aromatic amines is 1. The van der Waals surface area contributed by atoms with Crippen molar-refractivity contribution >= 4 is 17.9 Å². The first-order chi connectivity index (χ1) is 11.4. The minimum Gasteiger partial charge on any atom is -0.463 e. The van der Waals surface area contributed by atoms with Gasteiger partial charge in [-0.25, -0.2) is 5.10 Å². The molecule has 4 atom stereocenters. The number of nitrogens with zero attached hydrogens (tertiary/aromatic N) is 3. The summed E-state index contributed by atoms with van der Waals surface area (Å²) in [7, 11) is 0. The summed E-state index contributed by atoms with van der Waals surface area (Å²) in [6, 6.07) is 0. The fourth-order valence-corrected chi connectivity index (χ4v) is 2.20. The molecule has 4 unspecified atom stereocenters. The number of carbonyl (C=O) groups excluding carboxylic acids is 3. The Morgan fingerprint density at radius 3 is 2.33 bits per heavy atom. The van der Waals surface area contributed by atoms with Gasteiger partial charge >= 0.3 is 17.9 Å². The van der Waals surface area contributed by atoms with Crippen LogP contribution in [-0.4, -0.2) is 63.5 Å². The average molecular weight is 341 g/mol. The van der Waals surface area contributed by atoms with E-state index in [2.05, 4.69) is 20.6 Å². The lowest BCUT2D eigenvalue weighted by Gasteiger charge is -2.38. The Morgan fingerprint density at radius 2 is 1.79 bits per heavy atom. The zero-order valence-electron chi connectivity index (χ0n) is 13.3. The highest BCUT2D eigenvalue weighted by atomic mass is 16.6. The molecule has 24 heavy (non-hydrogen) atoms. The van der Waals surface area contributed by atoms with E-state index >= 15 is 0 Å². The molecule has 1 aliphatic rings. The molecule has 2 rings (SSSR count). The third-order valence-electron chi connectivity index (χ3n) is 3.05. The van der Waals surface area contributed by atoms with Gasteiger partial charge in [0.25, 0.3) is 0 Å². The van der Waals surface area contributed by atoms with Crippen molar-refractivity contribution in [1.29, 1.82) is 0 Å². The molecule has 0 aromatic carbocycles. The van der Waals surface area contributed by atoms with Crippen molar-refractivity contribution < 1.29 is 33.3 Å². The van der Waals surface area contributed by atoms with Crippen LogP contribution < -0.4 is 0 Å². The first-order valence-corrected chi connectivity index (χ1v) is 7.08. The van der Waals surface area contributed by atoms with Crippen LogP contribution in [0.2, 0.25) is 0 Å². The average Bonchev–Trinajstić information content (AvgIpc) is 2.99. The standard InChI is InChI=1S/C13H17N4O7/c1-6(18)21-5-11-9(22-7(2)19)4-10(23-8(3)20)12(24-11)13-14-16-17-15-13/h4,9-12H,5H2,1-3H3,(H,14,15,16,17). The number of esters is 3. The number of rotatable bonds is 5. The van der Waals surface area contributed by atoms with Gasteiger partial charge in [0.15, 0.2) is 11.9 Å². The minimum absolute atomic E-state index is 0.158. The molecular formula is C13H17N4O7. The van der Waals surface area contributed by atoms with E-state index in [4.69, 9.17) is 18.9 Å². The summed E-state index contributed by atoms with van der Waals surface area (Å²) in [5.41, 5.74) is 0. The van der Waals surface area contributed by atoms with E-state index in [0.717, 1.165) is 0 Å². The Labute approximate surface area is 137 Å². The highest BCUT2D eigenvalue weighted by Gasteiger charge is 2.44. The quantitative estimate of drug-likeness (QED) is 0.538. The van der Waals surface area contributed by atoms with Crippen molar-refractivity contribution in [2.45, 2.75) is 45.2 Å². The Hall–Kier alpha value is -2.56. The lowest BCUT2D eigenvalue weighted by Crippen LogP contribution is -2.49. The number of H-pyrrole nitrogens is 1. The van der Waals surface area contributed by atoms with Gasteiger partial charge in [-0.3, -0.25) is 14.4 Å². The summed E-state index contributed by atoms with van der Waals surface area (Å²) in [6.07, 6.45) is -1.96. The Bertz CT molecular complexity index is 591. The maximum atomic E-state index is 11.3. The minimum atomic E-state index is -0.893. The molecule has 1 N–H and O–H groups in total. The van der Waals surface area contributed by atoms with Gasteiger partial charge in [-0.15, -0.1) is 5.10 Å². The van der Waals surface area contributed by atoms with Gasteiger partial charge in [0, 0.05) is 27.2 Å². The third-order valence-corrected chi connectivity index (χ3v) is 3.05. The van der Waals surface area contributed by atoms with Gasteiger partial charge < -0.3 is 18.9 Å². The van der Waals surface area contributed by atoms with Crippen LogP contribution in [0.25, 0.3) is 0 Å². The fraction of sp³-hybridized carbons (Fsp3) is 0.615. The SMILES string of the molecule is CC(=O)OCC1OC(c2nnn[nH]2)C(OC(C)=O)[CH]C1OC(C)=O. The normalized spacial score (nSPS) is 26.5. The zero-order valence-corrected chi connectivity index (χ0v) is 13.3. The second kappa shape index (κ2) is 7.81. The molecule has 11 nitrogen and oxygen atoms in total. The lowest BCUT2D eigenvalue weighted by molar-refractivity contribution is -0.196. The summed E-state index contributed by atoms with van der Waals surface area (Å²) in [6.45, 7) is 3.54. The summed E-state index contributed by atoms with van der Waals surface area (Å²) in [4.78, 5) is 33.6. The Kier molecular flexibility index (Phi) is 5.79. The number of hydrogen-bond acceptors (Lipinski definition) is 10. The van der Waals surface area contributed by atoms with E-state index in [1.165, 1.54) is 27.2 Å². The Morgan fingerprint density at radius 1 is 1.12 bits per heavy atom. The number of carbonyl (C=O) groups is 3. The van der Waals surface area contributed by atoms with E-state index in [0.29, 0.717) is 0 Å². The van der Waals surface area contributed by atoms with Crippen molar-refractivity contribution in [2.24, 2.45) is 0 Å². The van der Waals surface area contributed by atoms with Crippen molar-refractivity contribution in [2.75, 3.05) is 6.61 Å². The van der Waals surface area contributed by atoms with Crippen LogP contribution in [0.5, 0.6) is 0 Å². The zero-order chi connectivity index (χ0) is 17.7. The van der Waals surface area contributed by atoms with E-state index < -0.39 is 42.3 Å². The van der Waals surface area contributed by atoms with E-state index in [-0.39, 0.29) is 12.4 Å². The van der Waals surface area contributed by atoms with Crippen LogP contribution in [0, 0.1) is 6.42 Å². The lowest BCUT2D eigenvalue weighted by atomic mass is 9.97. The van der Waals surface area contributed by atoms with Gasteiger partial charge in [-0.2, -0.15) is 0 Å². The van der Waals surface area contributed by atoms with Crippen molar-refractivity contribution in [3.05, 3.63) is 12.2 Å². The number of aromatic nitrogens is 4. The molecule has 1 radical (unpaired) electrons. The molecule has 1 aliphatic heterocycles. The molecular weight excluding hydrogens is 324 g/mol. The van der Waals surface area contributed by atoms with Crippen LogP contribution in [0.3, 0.4) is 0 Å². The molecule has 1 aromatic rings. The molecule has 131 valence electrons. The summed E-state index contributed by atoms with van der Waals surface area (Å²) in [5, 5.41) is 13.2. The maximum Gasteiger partial charge on any atom is 0.303 e. The highest BCUT2D eigenvalue weighted by Crippen LogP contribution is 2.33. The van der Waals surface area contributed by atoms with E-state index in [9.17, 15) is 14.4 Å². The van der Waals surface area contributed by atoms with Crippen LogP contribution in [0.1, 0.15) is 32.7 Å². The van der Waals surface area contributed by atoms with Crippen molar-refractivity contribution in [3.8, 4) is 0 Å². The smallest absolute Gasteiger partial charge is 0.303 e. The van der Waals surface area contributed by atoms with Crippen LogP contribution in [0.15, 0.2) is 0 Å². The van der Waals surface area contributed by atoms with Crippen LogP contribution in [-0.2, 0) is 33.3 Å². The third kappa shape index (κ3) is 4.72. The molecule has 0 saturated carbocycles. The first-order valence-electron chi connectivity index (χ1n) is 7.08. The van der Waals surface area contributed by atoms with Gasteiger partial charge in [-0.1, -0.05) is 0 Å². The maximum absolute atomic E-state index is 11.3. The predicted octanol–water partition coefficient (Wildman–Crippen LogP) is -0.730. The number of ether oxygens (including phenoxy) is 4. The summed E-state index contributed by atoms with van der Waals surface area (Å²) < 4.78 is 21.0. The summed E-state index contributed by atoms with van der Waals surface area (Å²) >= 11 is 0.